The van der Waals surface area contributed by atoms with Crippen LogP contribution in [-0.2, 0) is 70.0 Å². The van der Waals surface area contributed by atoms with Crippen molar-refractivity contribution in [3.63, 3.8) is 0 Å². The smallest absolute Gasteiger partial charge is 0.394 e. The molecule has 498 valence electrons. The lowest BCUT2D eigenvalue weighted by Crippen LogP contribution is -2.55. The summed E-state index contributed by atoms with van der Waals surface area (Å²) < 4.78 is 88.9. The van der Waals surface area contributed by atoms with Crippen LogP contribution in [0.5, 0.6) is 0 Å². The van der Waals surface area contributed by atoms with Crippen LogP contribution in [0.25, 0.3) is 0 Å². The van der Waals surface area contributed by atoms with Gasteiger partial charge >= 0.3 is 15.6 Å². The van der Waals surface area contributed by atoms with Crippen LogP contribution in [0.1, 0.15) is 99.3 Å². The van der Waals surface area contributed by atoms with Crippen molar-refractivity contribution in [3.8, 4) is 0 Å². The zero-order valence-electron chi connectivity index (χ0n) is 50.0. The molecule has 8 unspecified atom stereocenters. The molecule has 0 saturated carbocycles. The minimum Gasteiger partial charge on any atom is -0.394 e. The summed E-state index contributed by atoms with van der Waals surface area (Å²) in [7, 11) is -8.28. The topological polar surface area (TPSA) is 422 Å². The molecule has 32 heteroatoms. The predicted octanol–water partition coefficient (Wildman–Crippen LogP) is -1.45. The lowest BCUT2D eigenvalue weighted by molar-refractivity contribution is -0.282. The number of aliphatic hydroxyl groups is 10. The Morgan fingerprint density at radius 2 is 0.906 bits per heavy atom. The fourth-order valence-corrected chi connectivity index (χ4v) is 13.1. The first kappa shape index (κ1) is 74.2. The molecule has 6 fully saturated rings. The Hall–Kier alpha value is -1.56. The number of phosphoric acid groups is 2. The van der Waals surface area contributed by atoms with Crippen molar-refractivity contribution in [2.75, 3.05) is 92.8 Å². The van der Waals surface area contributed by atoms with Gasteiger partial charge in [0, 0.05) is 70.0 Å². The van der Waals surface area contributed by atoms with Crippen molar-refractivity contribution in [2.45, 2.75) is 210 Å². The van der Waals surface area contributed by atoms with Gasteiger partial charge in [0.15, 0.2) is 18.9 Å². The van der Waals surface area contributed by atoms with E-state index >= 15 is 0 Å². The summed E-state index contributed by atoms with van der Waals surface area (Å²) in [5.41, 5.74) is 0. The van der Waals surface area contributed by atoms with Gasteiger partial charge in [-0.1, -0.05) is 41.5 Å². The van der Waals surface area contributed by atoms with Gasteiger partial charge in [-0.2, -0.15) is 0 Å². The van der Waals surface area contributed by atoms with Gasteiger partial charge in [0.05, 0.1) is 102 Å². The number of aliphatic hydroxyl groups excluding tert-OH is 10. The molecular weight excluding hydrogens is 1170 g/mol. The van der Waals surface area contributed by atoms with Crippen LogP contribution in [0.4, 0.5) is 0 Å². The monoisotopic (exact) mass is 1270 g/mol. The van der Waals surface area contributed by atoms with Crippen molar-refractivity contribution in [1.82, 2.24) is 14.7 Å². The van der Waals surface area contributed by atoms with Crippen LogP contribution in [0.15, 0.2) is 0 Å². The van der Waals surface area contributed by atoms with Crippen molar-refractivity contribution >= 4 is 27.5 Å². The van der Waals surface area contributed by atoms with Gasteiger partial charge < -0.3 is 104 Å². The Bertz CT molecular complexity index is 2070. The van der Waals surface area contributed by atoms with Crippen molar-refractivity contribution in [1.29, 1.82) is 0 Å². The Morgan fingerprint density at radius 1 is 0.529 bits per heavy atom. The van der Waals surface area contributed by atoms with E-state index in [-0.39, 0.29) is 90.6 Å². The van der Waals surface area contributed by atoms with E-state index in [9.17, 15) is 79.6 Å². The molecular formula is C53H99N3O27P2. The molecule has 0 radical (unpaired) electrons. The summed E-state index contributed by atoms with van der Waals surface area (Å²) in [6.45, 7) is 9.52. The molecule has 6 saturated heterocycles. The summed E-state index contributed by atoms with van der Waals surface area (Å²) in [5.74, 6) is -1.98. The Labute approximate surface area is 497 Å². The second kappa shape index (κ2) is 35.3. The molecule has 0 aromatic rings. The number of phosphoric ester groups is 2. The van der Waals surface area contributed by atoms with Gasteiger partial charge in [0.25, 0.3) is 0 Å². The van der Waals surface area contributed by atoms with Gasteiger partial charge in [-0.15, -0.1) is 0 Å². The summed E-state index contributed by atoms with van der Waals surface area (Å²) in [6.07, 6.45) is -15.0. The molecule has 6 aliphatic rings. The molecule has 6 rings (SSSR count). The number of carbonyl (C=O) groups excluding carboxylic acids is 2. The highest BCUT2D eigenvalue weighted by atomic mass is 31.2. The minimum absolute atomic E-state index is 0.00139. The number of rotatable bonds is 31. The fourth-order valence-electron chi connectivity index (χ4n) is 11.2. The number of hydrogen-bond acceptors (Lipinski definition) is 26. The number of amides is 2. The maximum Gasteiger partial charge on any atom is 0.472 e. The lowest BCUT2D eigenvalue weighted by Gasteiger charge is -2.40. The molecule has 85 heavy (non-hydrogen) atoms. The standard InChI is InChI=1S/C49H89N3O27P2.C4H10/c1-27-41(59)44(62)36(21-53)75-47(27)70-12-6-5-11-50-19-34(16-30(50)24-69-4)78-80(65,66)74-26-32-17-35(20-52(32)40(58)10-8-14-72-49-29(3)43(61)46(64)38(23-55)77-49)79-81(67,68)73-25-31-15-33(56)18-51(31)39(57)9-7-13-71-48-28(2)42(60)45(63)37(22-54)76-48;1-4(2)3/h27-38,41-49,53-56,59-64H,5-26H2,1-4H3,(H,65,66)(H,67,68);4H,1-3H3/t27?,28?,29?,30-,31-,32-,33+,34+,35+,36?,37?,38?,41+,42+,43+,44-,45-,46-,47+,48+,49+;/m0./s1. The van der Waals surface area contributed by atoms with Gasteiger partial charge in [0.1, 0.15) is 36.6 Å². The average Bonchev–Trinajstić information content (AvgIpc) is 4.17. The number of nitrogens with zero attached hydrogens (tertiary/aromatic N) is 3. The van der Waals surface area contributed by atoms with Crippen molar-refractivity contribution in [3.05, 3.63) is 0 Å². The second-order valence-electron chi connectivity index (χ2n) is 23.8. The highest BCUT2D eigenvalue weighted by Crippen LogP contribution is 2.49. The van der Waals surface area contributed by atoms with Gasteiger partial charge in [-0.05, 0) is 57.4 Å². The normalized spacial score (nSPS) is 37.9. The molecule has 23 atom stereocenters. The molecule has 2 amide bonds. The third kappa shape index (κ3) is 22.1. The number of likely N-dealkylation sites (tertiary alicyclic amines) is 3. The van der Waals surface area contributed by atoms with Crippen molar-refractivity contribution in [2.24, 2.45) is 23.7 Å². The van der Waals surface area contributed by atoms with E-state index < -0.39 is 182 Å². The van der Waals surface area contributed by atoms with Gasteiger partial charge in [-0.25, -0.2) is 9.13 Å². The summed E-state index contributed by atoms with van der Waals surface area (Å²) >= 11 is 0. The van der Waals surface area contributed by atoms with Crippen molar-refractivity contribution < 1.29 is 131 Å². The van der Waals surface area contributed by atoms with E-state index in [1.165, 1.54) is 16.9 Å². The Kier molecular flexibility index (Phi) is 30.8. The van der Waals surface area contributed by atoms with Crippen LogP contribution in [0.3, 0.4) is 0 Å². The number of hydrogen-bond donors (Lipinski definition) is 12. The fraction of sp³-hybridized carbons (Fsp3) is 0.962. The number of ether oxygens (including phenoxy) is 7. The zero-order valence-corrected chi connectivity index (χ0v) is 51.8. The maximum absolute atomic E-state index is 13.9. The van der Waals surface area contributed by atoms with Gasteiger partial charge in [-0.3, -0.25) is 32.6 Å². The third-order valence-electron chi connectivity index (χ3n) is 16.0. The van der Waals surface area contributed by atoms with E-state index in [0.717, 1.165) is 5.92 Å². The highest BCUT2D eigenvalue weighted by molar-refractivity contribution is 7.47. The molecule has 0 aliphatic carbocycles. The molecule has 0 aromatic heterocycles. The number of unbranched alkanes of at least 4 members (excludes halogenated alkanes) is 1. The summed E-state index contributed by atoms with van der Waals surface area (Å²) in [5, 5.41) is 101. The summed E-state index contributed by atoms with van der Waals surface area (Å²) in [6, 6.07) is -2.03. The molecule has 30 nitrogen and oxygen atoms in total. The molecule has 6 aliphatic heterocycles. The maximum atomic E-state index is 13.9. The van der Waals surface area contributed by atoms with E-state index in [1.54, 1.807) is 20.8 Å². The number of β-amino-alcohol motifs (C(OH)–C–C–N with tert-alkyl or cyclic N) is 1. The highest BCUT2D eigenvalue weighted by Gasteiger charge is 2.47. The first-order valence-electron chi connectivity index (χ1n) is 29.7. The van der Waals surface area contributed by atoms with E-state index in [4.69, 9.17) is 51.3 Å². The van der Waals surface area contributed by atoms with Crippen LogP contribution < -0.4 is 0 Å². The Balaban J connectivity index is 0.00000319. The molecule has 0 spiro atoms. The SMILES string of the molecule is CC(C)C.COC[C@@H]1C[C@@H](OP(=O)(O)OC[C@@H]2C[C@@H](OP(=O)(O)OC[C@@H]3C[C@@H](O)CN3C(=O)CCCO[C@@H]3OC(CO)[C@H](O)[C@H](O)C3C)CN2C(=O)CCCO[C@@H]2OC(CO)[C@H](O)[C@H](O)C2C)CN1CCCCO[C@@H]1OC(CO)[C@H](O)[C@H](O)C1C. The van der Waals surface area contributed by atoms with Crippen LogP contribution in [-0.4, -0.2) is 290 Å². The largest absolute Gasteiger partial charge is 0.472 e. The van der Waals surface area contributed by atoms with E-state index in [0.29, 0.717) is 25.8 Å². The molecule has 6 heterocycles. The van der Waals surface area contributed by atoms with Crippen LogP contribution in [0.2, 0.25) is 0 Å². The number of carbonyl (C=O) groups is 2. The first-order valence-corrected chi connectivity index (χ1v) is 32.7. The quantitative estimate of drug-likeness (QED) is 0.0279. The van der Waals surface area contributed by atoms with E-state index in [2.05, 4.69) is 20.8 Å². The van der Waals surface area contributed by atoms with E-state index in [1.807, 2.05) is 4.90 Å². The number of methoxy groups -OCH3 is 1. The predicted molar refractivity (Wildman–Crippen MR) is 296 cm³/mol. The minimum atomic E-state index is -4.96. The average molecular weight is 1270 g/mol. The molecule has 0 aromatic carbocycles. The molecule has 0 bridgehead atoms. The summed E-state index contributed by atoms with van der Waals surface area (Å²) in [4.78, 5) is 53.9. The van der Waals surface area contributed by atoms with Crippen LogP contribution >= 0.6 is 15.6 Å². The second-order valence-corrected chi connectivity index (χ2v) is 26.6. The third-order valence-corrected chi connectivity index (χ3v) is 18.1. The lowest BCUT2D eigenvalue weighted by atomic mass is 9.92. The zero-order chi connectivity index (χ0) is 62.9. The van der Waals surface area contributed by atoms with Crippen LogP contribution in [0, 0.1) is 23.7 Å². The molecule has 12 N–H and O–H groups in total. The Morgan fingerprint density at radius 3 is 1.32 bits per heavy atom. The first-order chi connectivity index (χ1) is 40.1. The van der Waals surface area contributed by atoms with Gasteiger partial charge in [0.2, 0.25) is 11.8 Å².